The second-order valence-electron chi connectivity index (χ2n) is 11.1. The molecular weight excluding hydrogens is 581 g/mol. The number of hydrogen-bond acceptors (Lipinski definition) is 7. The lowest BCUT2D eigenvalue weighted by molar-refractivity contribution is -0.0103. The minimum Gasteiger partial charge on any atom is -0.383 e. The molecule has 1 aliphatic carbocycles. The maximum absolute atomic E-state index is 15.4. The van der Waals surface area contributed by atoms with Gasteiger partial charge in [0, 0.05) is 29.4 Å². The van der Waals surface area contributed by atoms with Gasteiger partial charge in [-0.1, -0.05) is 12.1 Å². The van der Waals surface area contributed by atoms with Crippen LogP contribution in [0.4, 0.5) is 24.7 Å². The van der Waals surface area contributed by atoms with Gasteiger partial charge in [0.1, 0.15) is 33.9 Å². The van der Waals surface area contributed by atoms with Gasteiger partial charge in [-0.15, -0.1) is 0 Å². The number of nitrogen functional groups attached to an aromatic ring is 1. The van der Waals surface area contributed by atoms with Crippen LogP contribution in [0.2, 0.25) is 0 Å². The van der Waals surface area contributed by atoms with Crippen LogP contribution in [0.5, 0.6) is 0 Å². The zero-order valence-corrected chi connectivity index (χ0v) is 24.4. The summed E-state index contributed by atoms with van der Waals surface area (Å²) in [6.07, 6.45) is 6.62. The summed E-state index contributed by atoms with van der Waals surface area (Å²) in [6, 6.07) is 6.54. The minimum atomic E-state index is -4.61. The molecule has 0 radical (unpaired) electrons. The van der Waals surface area contributed by atoms with Crippen LogP contribution >= 0.6 is 0 Å². The number of benzene rings is 2. The maximum Gasteiger partial charge on any atom is 0.265 e. The van der Waals surface area contributed by atoms with E-state index in [4.69, 9.17) is 15.6 Å². The van der Waals surface area contributed by atoms with Gasteiger partial charge < -0.3 is 15.8 Å². The summed E-state index contributed by atoms with van der Waals surface area (Å²) in [7, 11) is -4.61. The number of fused-ring (bicyclic) bond motifs is 1. The fraction of sp³-hybridized carbons (Fsp3) is 0.333. The first kappa shape index (κ1) is 29.1. The van der Waals surface area contributed by atoms with Crippen molar-refractivity contribution in [2.45, 2.75) is 56.1 Å². The quantitative estimate of drug-likeness (QED) is 0.243. The molecular formula is C30H31F3N6O3S. The monoisotopic (exact) mass is 612 g/mol. The van der Waals surface area contributed by atoms with Crippen LogP contribution in [0.3, 0.4) is 0 Å². The molecule has 2 aliphatic rings. The standard InChI is InChI=1S/C30H31F3N6O3S/c1-16(2)39-29-22(17-3-7-20(8-4-17)36-21-14-42-15-21)13-35-30(34)27(29)28(37-39)18-5-10-25(24(33)11-18)38-43(40,41)26-12-19(31)6-9-23(26)32/h3,5-6,9-13,16,20-21,36,38H,4,7-8,14-15H2,1-2H3,(H2,34,35). The minimum absolute atomic E-state index is 0.0638. The fourth-order valence-electron chi connectivity index (χ4n) is 5.53. The molecule has 1 fully saturated rings. The van der Waals surface area contributed by atoms with E-state index in [2.05, 4.69) is 16.4 Å². The number of ether oxygens (including phenoxy) is 1. The third kappa shape index (κ3) is 5.59. The SMILES string of the molecule is CC(C)n1nc(-c2ccc(NS(=O)(=O)c3cc(F)ccc3F)c(F)c2)c2c(N)ncc(C3=CCC(NC4COC4)CC3)c21. The molecule has 4 N–H and O–H groups in total. The second kappa shape index (κ2) is 11.3. The van der Waals surface area contributed by atoms with Gasteiger partial charge in [-0.2, -0.15) is 5.10 Å². The highest BCUT2D eigenvalue weighted by Gasteiger charge is 2.27. The molecule has 4 aromatic rings. The van der Waals surface area contributed by atoms with Crippen LogP contribution in [0.1, 0.15) is 44.7 Å². The first-order valence-corrected chi connectivity index (χ1v) is 15.5. The molecule has 2 aromatic carbocycles. The van der Waals surface area contributed by atoms with Crippen molar-refractivity contribution < 1.29 is 26.3 Å². The number of pyridine rings is 1. The van der Waals surface area contributed by atoms with Crippen LogP contribution in [0.25, 0.3) is 27.7 Å². The van der Waals surface area contributed by atoms with E-state index in [9.17, 15) is 17.2 Å². The first-order chi connectivity index (χ1) is 20.5. The first-order valence-electron chi connectivity index (χ1n) is 14.0. The van der Waals surface area contributed by atoms with E-state index >= 15 is 4.39 Å². The third-order valence-corrected chi connectivity index (χ3v) is 9.16. The number of nitrogens with one attached hydrogen (secondary N) is 2. The summed E-state index contributed by atoms with van der Waals surface area (Å²) in [6.45, 7) is 5.45. The topological polar surface area (TPSA) is 124 Å². The highest BCUT2D eigenvalue weighted by Crippen LogP contribution is 2.40. The van der Waals surface area contributed by atoms with Crippen LogP contribution in [0, 0.1) is 17.5 Å². The lowest BCUT2D eigenvalue weighted by Gasteiger charge is -2.33. The highest BCUT2D eigenvalue weighted by molar-refractivity contribution is 7.92. The number of hydrogen-bond donors (Lipinski definition) is 3. The Bertz CT molecular complexity index is 1850. The average Bonchev–Trinajstić information content (AvgIpc) is 3.36. The summed E-state index contributed by atoms with van der Waals surface area (Å²) in [5, 5.41) is 9.00. The van der Waals surface area contributed by atoms with Gasteiger partial charge in [-0.3, -0.25) is 9.40 Å². The molecule has 3 heterocycles. The Morgan fingerprint density at radius 3 is 2.51 bits per heavy atom. The van der Waals surface area contributed by atoms with E-state index in [0.29, 0.717) is 40.9 Å². The van der Waals surface area contributed by atoms with Crippen molar-refractivity contribution in [3.05, 3.63) is 71.7 Å². The number of nitrogens with two attached hydrogens (primary N) is 1. The van der Waals surface area contributed by atoms with Gasteiger partial charge in [-0.05, 0) is 69.0 Å². The van der Waals surface area contributed by atoms with Gasteiger partial charge in [0.15, 0.2) is 0 Å². The number of halogens is 3. The van der Waals surface area contributed by atoms with Crippen molar-refractivity contribution in [1.82, 2.24) is 20.1 Å². The summed E-state index contributed by atoms with van der Waals surface area (Å²) >= 11 is 0. The summed E-state index contributed by atoms with van der Waals surface area (Å²) in [5.74, 6) is -2.81. The van der Waals surface area contributed by atoms with Crippen molar-refractivity contribution in [1.29, 1.82) is 0 Å². The van der Waals surface area contributed by atoms with E-state index in [1.165, 1.54) is 12.1 Å². The highest BCUT2D eigenvalue weighted by atomic mass is 32.2. The summed E-state index contributed by atoms with van der Waals surface area (Å²) in [4.78, 5) is 3.54. The summed E-state index contributed by atoms with van der Waals surface area (Å²) in [5.41, 5.74) is 9.52. The zero-order valence-electron chi connectivity index (χ0n) is 23.6. The number of nitrogens with zero attached hydrogens (tertiary/aromatic N) is 3. The van der Waals surface area contributed by atoms with Crippen molar-refractivity contribution in [2.24, 2.45) is 0 Å². The van der Waals surface area contributed by atoms with Gasteiger partial charge >= 0.3 is 0 Å². The Balaban J connectivity index is 1.36. The van der Waals surface area contributed by atoms with E-state index < -0.39 is 38.1 Å². The van der Waals surface area contributed by atoms with Gasteiger partial charge in [-0.25, -0.2) is 26.6 Å². The summed E-state index contributed by atoms with van der Waals surface area (Å²) < 4.78 is 77.7. The smallest absolute Gasteiger partial charge is 0.265 e. The number of rotatable bonds is 8. The number of aromatic nitrogens is 3. The van der Waals surface area contributed by atoms with E-state index in [-0.39, 0.29) is 11.9 Å². The molecule has 1 aliphatic heterocycles. The Labute approximate surface area is 247 Å². The number of anilines is 2. The number of allylic oxidation sites excluding steroid dienone is 1. The molecule has 0 bridgehead atoms. The molecule has 6 rings (SSSR count). The molecule has 9 nitrogen and oxygen atoms in total. The van der Waals surface area contributed by atoms with Crippen molar-refractivity contribution in [2.75, 3.05) is 23.7 Å². The Morgan fingerprint density at radius 1 is 1.07 bits per heavy atom. The van der Waals surface area contributed by atoms with E-state index in [1.54, 1.807) is 6.20 Å². The molecule has 0 saturated carbocycles. The van der Waals surface area contributed by atoms with Crippen LogP contribution in [0.15, 0.2) is 53.6 Å². The third-order valence-electron chi connectivity index (χ3n) is 7.78. The van der Waals surface area contributed by atoms with Gasteiger partial charge in [0.2, 0.25) is 0 Å². The van der Waals surface area contributed by atoms with Crippen LogP contribution in [-0.4, -0.2) is 48.5 Å². The van der Waals surface area contributed by atoms with Crippen molar-refractivity contribution in [3.63, 3.8) is 0 Å². The molecule has 43 heavy (non-hydrogen) atoms. The lowest BCUT2D eigenvalue weighted by atomic mass is 9.89. The molecule has 1 atom stereocenters. The van der Waals surface area contributed by atoms with Crippen LogP contribution < -0.4 is 15.8 Å². The molecule has 1 saturated heterocycles. The normalized spacial score (nSPS) is 17.7. The predicted molar refractivity (Wildman–Crippen MR) is 158 cm³/mol. The molecule has 0 spiro atoms. The van der Waals surface area contributed by atoms with Gasteiger partial charge in [0.05, 0.1) is 35.8 Å². The van der Waals surface area contributed by atoms with Crippen molar-refractivity contribution in [3.8, 4) is 11.3 Å². The van der Waals surface area contributed by atoms with Crippen molar-refractivity contribution >= 4 is 38.0 Å². The lowest BCUT2D eigenvalue weighted by Crippen LogP contribution is -2.50. The molecule has 0 amide bonds. The Hall–Kier alpha value is -3.94. The predicted octanol–water partition coefficient (Wildman–Crippen LogP) is 5.40. The molecule has 226 valence electrons. The van der Waals surface area contributed by atoms with Gasteiger partial charge in [0.25, 0.3) is 10.0 Å². The number of sulfonamides is 1. The van der Waals surface area contributed by atoms with E-state index in [1.807, 2.05) is 23.3 Å². The Morgan fingerprint density at radius 2 is 1.86 bits per heavy atom. The largest absolute Gasteiger partial charge is 0.383 e. The fourth-order valence-corrected chi connectivity index (χ4v) is 6.69. The Kier molecular flexibility index (Phi) is 7.65. The molecule has 1 unspecified atom stereocenters. The van der Waals surface area contributed by atoms with Crippen LogP contribution in [-0.2, 0) is 14.8 Å². The zero-order chi connectivity index (χ0) is 30.5. The average molecular weight is 613 g/mol. The second-order valence-corrected chi connectivity index (χ2v) is 12.8. The van der Waals surface area contributed by atoms with E-state index in [0.717, 1.165) is 61.3 Å². The molecule has 13 heteroatoms. The molecule has 2 aromatic heterocycles. The maximum atomic E-state index is 15.4.